The van der Waals surface area contributed by atoms with Gasteiger partial charge in [0.15, 0.2) is 0 Å². The molecule has 2 aromatic rings. The highest BCUT2D eigenvalue weighted by molar-refractivity contribution is 5.51. The van der Waals surface area contributed by atoms with Gasteiger partial charge in [0.2, 0.25) is 0 Å². The average Bonchev–Trinajstić information content (AvgIpc) is 2.54. The van der Waals surface area contributed by atoms with E-state index in [1.807, 2.05) is 36.4 Å². The van der Waals surface area contributed by atoms with Crippen LogP contribution in [0.4, 0.5) is 0 Å². The lowest BCUT2D eigenvalue weighted by Gasteiger charge is -2.23. The Bertz CT molecular complexity index is 620. The summed E-state index contributed by atoms with van der Waals surface area (Å²) in [5.74, 6) is 0. The van der Waals surface area contributed by atoms with Gasteiger partial charge in [0.05, 0.1) is 0 Å². The molecule has 2 rings (SSSR count). The maximum absolute atomic E-state index is 10.9. The van der Waals surface area contributed by atoms with Crippen LogP contribution >= 0.6 is 0 Å². The highest BCUT2D eigenvalue weighted by Crippen LogP contribution is 2.27. The zero-order valence-electron chi connectivity index (χ0n) is 12.7. The van der Waals surface area contributed by atoms with Gasteiger partial charge in [0.1, 0.15) is 5.60 Å². The van der Waals surface area contributed by atoms with Crippen molar-refractivity contribution in [3.05, 3.63) is 90.5 Å². The van der Waals surface area contributed by atoms with Gasteiger partial charge in [-0.05, 0) is 17.2 Å². The third-order valence-corrected chi connectivity index (χ3v) is 2.85. The van der Waals surface area contributed by atoms with E-state index in [4.69, 9.17) is 2.74 Å². The molecule has 0 radical (unpaired) electrons. The van der Waals surface area contributed by atoms with Crippen LogP contribution in [0.25, 0.3) is 6.08 Å². The van der Waals surface area contributed by atoms with Crippen molar-refractivity contribution < 1.29 is 7.85 Å². The van der Waals surface area contributed by atoms with E-state index in [9.17, 15) is 5.11 Å². The zero-order chi connectivity index (χ0) is 15.3. The van der Waals surface area contributed by atoms with Gasteiger partial charge in [-0.25, -0.2) is 0 Å². The maximum atomic E-state index is 10.9. The van der Waals surface area contributed by atoms with E-state index in [1.54, 1.807) is 30.3 Å². The summed E-state index contributed by atoms with van der Waals surface area (Å²) in [6.45, 7) is 3.51. The first kappa shape index (κ1) is 10.8. The molecule has 0 heterocycles. The number of rotatable bonds is 5. The van der Waals surface area contributed by atoms with Crippen molar-refractivity contribution in [1.29, 1.82) is 0 Å². The second-order valence-electron chi connectivity index (χ2n) is 4.22. The van der Waals surface area contributed by atoms with E-state index in [1.165, 1.54) is 6.08 Å². The zero-order valence-corrected chi connectivity index (χ0v) is 10.7. The minimum atomic E-state index is -1.99. The number of hydrogen-bond donors (Lipinski definition) is 1. The van der Waals surface area contributed by atoms with Gasteiger partial charge >= 0.3 is 0 Å². The van der Waals surface area contributed by atoms with Crippen molar-refractivity contribution in [2.24, 2.45) is 0 Å². The molecule has 1 nitrogen and oxygen atoms in total. The van der Waals surface area contributed by atoms with Crippen LogP contribution in [0, 0.1) is 0 Å². The molecule has 0 saturated carbocycles. The van der Waals surface area contributed by atoms with Gasteiger partial charge < -0.3 is 5.11 Å². The van der Waals surface area contributed by atoms with Crippen LogP contribution in [-0.4, -0.2) is 5.11 Å². The van der Waals surface area contributed by atoms with Gasteiger partial charge in [-0.2, -0.15) is 0 Å². The Labute approximate surface area is 117 Å². The fourth-order valence-electron chi connectivity index (χ4n) is 1.86. The van der Waals surface area contributed by atoms with Crippen LogP contribution in [0.15, 0.2) is 79.4 Å². The largest absolute Gasteiger partial charge is 0.381 e. The minimum Gasteiger partial charge on any atom is -0.381 e. The van der Waals surface area contributed by atoms with E-state index in [0.29, 0.717) is 5.56 Å². The van der Waals surface area contributed by atoms with E-state index >= 15 is 0 Å². The van der Waals surface area contributed by atoms with Crippen LogP contribution in [0.2, 0.25) is 0 Å². The molecule has 19 heavy (non-hydrogen) atoms. The highest BCUT2D eigenvalue weighted by atomic mass is 16.3. The topological polar surface area (TPSA) is 20.2 Å². The molecule has 2 aromatic carbocycles. The summed E-state index contributed by atoms with van der Waals surface area (Å²) in [7, 11) is 0. The molecule has 0 aliphatic rings. The molecule has 0 fully saturated rings. The highest BCUT2D eigenvalue weighted by Gasteiger charge is 2.23. The SMILES string of the molecule is [2H]C([2H])(C=C)[C@@](O)(/C=C/c1ccccc1)c1ccccc1. The number of aliphatic hydroxyl groups is 1. The smallest absolute Gasteiger partial charge is 0.111 e. The van der Waals surface area contributed by atoms with Crippen molar-refractivity contribution in [2.45, 2.75) is 12.0 Å². The van der Waals surface area contributed by atoms with Crippen molar-refractivity contribution in [2.75, 3.05) is 0 Å². The van der Waals surface area contributed by atoms with Gasteiger partial charge in [-0.1, -0.05) is 72.8 Å². The van der Waals surface area contributed by atoms with Crippen molar-refractivity contribution >= 4 is 6.08 Å². The second-order valence-corrected chi connectivity index (χ2v) is 4.22. The summed E-state index contributed by atoms with van der Waals surface area (Å²) in [5.41, 5.74) is -0.389. The summed E-state index contributed by atoms with van der Waals surface area (Å²) in [5, 5.41) is 10.9. The van der Waals surface area contributed by atoms with Gasteiger partial charge in [-0.15, -0.1) is 6.58 Å². The van der Waals surface area contributed by atoms with E-state index in [2.05, 4.69) is 6.58 Å². The molecule has 0 spiro atoms. The molecule has 0 aliphatic heterocycles. The lowest BCUT2D eigenvalue weighted by molar-refractivity contribution is 0.0938. The number of hydrogen-bond acceptors (Lipinski definition) is 1. The predicted octanol–water partition coefficient (Wildman–Crippen LogP) is 4.16. The average molecular weight is 252 g/mol. The first-order valence-corrected chi connectivity index (χ1v) is 6.15. The van der Waals surface area contributed by atoms with Crippen molar-refractivity contribution in [3.63, 3.8) is 0 Å². The molecule has 0 aromatic heterocycles. The standard InChI is InChI=1S/C18H18O/c1-2-14-18(19,17-11-7-4-8-12-17)15-13-16-9-5-3-6-10-16/h2-13,15,19H,1,14H2/b15-13+/t18-/m1/s1/i14D2. The Morgan fingerprint density at radius 3 is 2.21 bits per heavy atom. The molecule has 0 amide bonds. The lowest BCUT2D eigenvalue weighted by atomic mass is 9.89. The minimum absolute atomic E-state index is 0.488. The van der Waals surface area contributed by atoms with E-state index in [0.717, 1.165) is 11.6 Å². The first-order valence-electron chi connectivity index (χ1n) is 7.15. The Balaban J connectivity index is 2.47. The van der Waals surface area contributed by atoms with E-state index < -0.39 is 12.0 Å². The summed E-state index contributed by atoms with van der Waals surface area (Å²) in [6.07, 6.45) is 2.35. The number of benzene rings is 2. The van der Waals surface area contributed by atoms with Crippen molar-refractivity contribution in [1.82, 2.24) is 0 Å². The third kappa shape index (κ3) is 3.43. The van der Waals surface area contributed by atoms with Crippen LogP contribution in [0.3, 0.4) is 0 Å². The third-order valence-electron chi connectivity index (χ3n) is 2.85. The quantitative estimate of drug-likeness (QED) is 0.792. The summed E-state index contributed by atoms with van der Waals surface area (Å²) in [6, 6.07) is 18.3. The van der Waals surface area contributed by atoms with Gasteiger partial charge in [-0.3, -0.25) is 0 Å². The predicted molar refractivity (Wildman–Crippen MR) is 80.6 cm³/mol. The van der Waals surface area contributed by atoms with Crippen molar-refractivity contribution in [3.8, 4) is 0 Å². The molecule has 0 bridgehead atoms. The monoisotopic (exact) mass is 252 g/mol. The maximum Gasteiger partial charge on any atom is 0.111 e. The normalized spacial score (nSPS) is 16.5. The Kier molecular flexibility index (Phi) is 3.50. The summed E-state index contributed by atoms with van der Waals surface area (Å²) < 4.78 is 16.2. The van der Waals surface area contributed by atoms with Crippen LogP contribution < -0.4 is 0 Å². The molecular formula is C18H18O. The Hall–Kier alpha value is -2.12. The fraction of sp³-hybridized carbons (Fsp3) is 0.111. The second kappa shape index (κ2) is 6.17. The molecule has 0 aliphatic carbocycles. The molecular weight excluding hydrogens is 232 g/mol. The molecule has 96 valence electrons. The Morgan fingerprint density at radius 2 is 1.63 bits per heavy atom. The van der Waals surface area contributed by atoms with Crippen LogP contribution in [0.5, 0.6) is 0 Å². The first-order chi connectivity index (χ1) is 9.99. The van der Waals surface area contributed by atoms with E-state index in [-0.39, 0.29) is 0 Å². The molecule has 1 N–H and O–H groups in total. The van der Waals surface area contributed by atoms with Gasteiger partial charge in [0.25, 0.3) is 0 Å². The molecule has 0 saturated heterocycles. The molecule has 1 atom stereocenters. The van der Waals surface area contributed by atoms with Crippen LogP contribution in [-0.2, 0) is 5.60 Å². The van der Waals surface area contributed by atoms with Crippen LogP contribution in [0.1, 0.15) is 20.2 Å². The molecule has 1 heteroatoms. The Morgan fingerprint density at radius 1 is 1.05 bits per heavy atom. The fourth-order valence-corrected chi connectivity index (χ4v) is 1.86. The summed E-state index contributed by atoms with van der Waals surface area (Å²) >= 11 is 0. The lowest BCUT2D eigenvalue weighted by Crippen LogP contribution is -2.21. The summed E-state index contributed by atoms with van der Waals surface area (Å²) in [4.78, 5) is 0. The molecule has 0 unspecified atom stereocenters. The van der Waals surface area contributed by atoms with Gasteiger partial charge in [0, 0.05) is 9.11 Å².